The van der Waals surface area contributed by atoms with E-state index in [1.807, 2.05) is 24.3 Å². The summed E-state index contributed by atoms with van der Waals surface area (Å²) in [6, 6.07) is 7.43. The fourth-order valence-corrected chi connectivity index (χ4v) is 3.66. The van der Waals surface area contributed by atoms with E-state index in [1.54, 1.807) is 18.6 Å². The number of rotatable bonds is 11. The number of ether oxygens (including phenoxy) is 3. The summed E-state index contributed by atoms with van der Waals surface area (Å²) < 4.78 is 15.7. The van der Waals surface area contributed by atoms with Crippen molar-refractivity contribution in [3.63, 3.8) is 0 Å². The van der Waals surface area contributed by atoms with E-state index in [2.05, 4.69) is 10.2 Å². The maximum Gasteiger partial charge on any atom is 0.308 e. The quantitative estimate of drug-likeness (QED) is 0.378. The summed E-state index contributed by atoms with van der Waals surface area (Å²) in [5.41, 5.74) is 1.61. The zero-order valence-electron chi connectivity index (χ0n) is 19.1. The zero-order valence-corrected chi connectivity index (χ0v) is 19.1. The van der Waals surface area contributed by atoms with E-state index in [-0.39, 0.29) is 37.7 Å². The SMILES string of the molecule is CC(C)C(=O)OCC(O)COC(=O)CCCOC1CCC(n2nc3ccccc3n2)C(O)C1. The first-order chi connectivity index (χ1) is 15.8. The monoisotopic (exact) mass is 463 g/mol. The molecular formula is C23H33N3O7. The van der Waals surface area contributed by atoms with Crippen LogP contribution >= 0.6 is 0 Å². The van der Waals surface area contributed by atoms with Gasteiger partial charge in [0.15, 0.2) is 0 Å². The summed E-state index contributed by atoms with van der Waals surface area (Å²) >= 11 is 0. The van der Waals surface area contributed by atoms with Crippen molar-refractivity contribution in [1.29, 1.82) is 0 Å². The van der Waals surface area contributed by atoms with Gasteiger partial charge >= 0.3 is 11.9 Å². The lowest BCUT2D eigenvalue weighted by Gasteiger charge is -2.32. The Morgan fingerprint density at radius 2 is 1.79 bits per heavy atom. The molecule has 1 aliphatic carbocycles. The molecule has 0 aliphatic heterocycles. The van der Waals surface area contributed by atoms with Crippen LogP contribution in [0.1, 0.15) is 52.0 Å². The van der Waals surface area contributed by atoms with E-state index in [0.29, 0.717) is 25.9 Å². The number of nitrogens with zero attached hydrogens (tertiary/aromatic N) is 3. The Hall–Kier alpha value is -2.56. The minimum absolute atomic E-state index is 0.0882. The number of aliphatic hydroxyl groups is 2. The Balaban J connectivity index is 1.29. The van der Waals surface area contributed by atoms with Crippen LogP contribution in [0.4, 0.5) is 0 Å². The van der Waals surface area contributed by atoms with Crippen molar-refractivity contribution < 1.29 is 34.0 Å². The van der Waals surface area contributed by atoms with Crippen molar-refractivity contribution in [1.82, 2.24) is 15.0 Å². The van der Waals surface area contributed by atoms with Gasteiger partial charge in [-0.1, -0.05) is 26.0 Å². The van der Waals surface area contributed by atoms with E-state index in [4.69, 9.17) is 14.2 Å². The molecule has 4 unspecified atom stereocenters. The molecule has 10 nitrogen and oxygen atoms in total. The molecule has 182 valence electrons. The molecule has 1 aromatic carbocycles. The van der Waals surface area contributed by atoms with Crippen LogP contribution in [0.5, 0.6) is 0 Å². The Labute approximate surface area is 192 Å². The topological polar surface area (TPSA) is 133 Å². The molecule has 1 aliphatic rings. The van der Waals surface area contributed by atoms with Gasteiger partial charge in [-0.2, -0.15) is 15.0 Å². The highest BCUT2D eigenvalue weighted by molar-refractivity contribution is 5.73. The molecule has 3 rings (SSSR count). The molecule has 1 saturated carbocycles. The van der Waals surface area contributed by atoms with Crippen LogP contribution in [-0.2, 0) is 23.8 Å². The Bertz CT molecular complexity index is 883. The molecule has 10 heteroatoms. The molecule has 4 atom stereocenters. The molecule has 2 N–H and O–H groups in total. The average molecular weight is 464 g/mol. The van der Waals surface area contributed by atoms with Crippen LogP contribution < -0.4 is 0 Å². The van der Waals surface area contributed by atoms with E-state index >= 15 is 0 Å². The minimum atomic E-state index is -1.05. The first kappa shape index (κ1) is 25.1. The van der Waals surface area contributed by atoms with E-state index < -0.39 is 24.1 Å². The number of aromatic nitrogens is 3. The van der Waals surface area contributed by atoms with Gasteiger partial charge in [-0.25, -0.2) is 0 Å². The number of benzene rings is 1. The van der Waals surface area contributed by atoms with Crippen molar-refractivity contribution in [3.8, 4) is 0 Å². The van der Waals surface area contributed by atoms with Crippen LogP contribution in [0.2, 0.25) is 0 Å². The van der Waals surface area contributed by atoms with E-state index in [0.717, 1.165) is 17.5 Å². The van der Waals surface area contributed by atoms with Gasteiger partial charge < -0.3 is 24.4 Å². The summed E-state index contributed by atoms with van der Waals surface area (Å²) in [6.07, 6.45) is 0.829. The number of hydrogen-bond donors (Lipinski definition) is 2. The van der Waals surface area contributed by atoms with E-state index in [9.17, 15) is 19.8 Å². The maximum atomic E-state index is 11.8. The molecule has 0 amide bonds. The largest absolute Gasteiger partial charge is 0.463 e. The normalized spacial score (nSPS) is 21.8. The lowest BCUT2D eigenvalue weighted by atomic mass is 9.90. The average Bonchev–Trinajstić information content (AvgIpc) is 3.22. The first-order valence-electron chi connectivity index (χ1n) is 11.4. The molecule has 2 aromatic rings. The van der Waals surface area contributed by atoms with Crippen molar-refractivity contribution in [3.05, 3.63) is 24.3 Å². The van der Waals surface area contributed by atoms with Gasteiger partial charge in [0.1, 0.15) is 30.4 Å². The van der Waals surface area contributed by atoms with Crippen molar-refractivity contribution >= 4 is 23.0 Å². The molecule has 1 aromatic heterocycles. The summed E-state index contributed by atoms with van der Waals surface area (Å²) in [5, 5.41) is 29.3. The third-order valence-corrected chi connectivity index (χ3v) is 5.54. The molecule has 0 spiro atoms. The van der Waals surface area contributed by atoms with Crippen LogP contribution in [0.25, 0.3) is 11.0 Å². The lowest BCUT2D eigenvalue weighted by Crippen LogP contribution is -2.36. The highest BCUT2D eigenvalue weighted by atomic mass is 16.6. The van der Waals surface area contributed by atoms with Crippen LogP contribution in [0.15, 0.2) is 24.3 Å². The summed E-state index contributed by atoms with van der Waals surface area (Å²) in [5.74, 6) is -1.14. The second-order valence-corrected chi connectivity index (χ2v) is 8.67. The van der Waals surface area contributed by atoms with Gasteiger partial charge in [-0.3, -0.25) is 9.59 Å². The summed E-state index contributed by atoms with van der Waals surface area (Å²) in [4.78, 5) is 24.8. The Morgan fingerprint density at radius 3 is 2.42 bits per heavy atom. The lowest BCUT2D eigenvalue weighted by molar-refractivity contribution is -0.154. The fraction of sp³-hybridized carbons (Fsp3) is 0.652. The standard InChI is InChI=1S/C23H33N3O7/c1-15(2)23(30)33-14-16(27)13-32-22(29)8-5-11-31-17-9-10-20(21(28)12-17)26-24-18-6-3-4-7-19(18)25-26/h3-4,6-7,15-17,20-21,27-28H,5,8-14H2,1-2H3. The van der Waals surface area contributed by atoms with Gasteiger partial charge in [-0.15, -0.1) is 0 Å². The Kier molecular flexibility index (Phi) is 9.16. The molecular weight excluding hydrogens is 430 g/mol. The summed E-state index contributed by atoms with van der Waals surface area (Å²) in [6.45, 7) is 3.33. The van der Waals surface area contributed by atoms with Gasteiger partial charge in [-0.05, 0) is 31.4 Å². The molecule has 1 heterocycles. The number of carbonyl (C=O) groups is 2. The summed E-state index contributed by atoms with van der Waals surface area (Å²) in [7, 11) is 0. The van der Waals surface area contributed by atoms with Crippen LogP contribution in [0, 0.1) is 5.92 Å². The second kappa shape index (κ2) is 12.1. The Morgan fingerprint density at radius 1 is 1.12 bits per heavy atom. The van der Waals surface area contributed by atoms with Crippen molar-refractivity contribution in [2.75, 3.05) is 19.8 Å². The molecule has 1 fully saturated rings. The van der Waals surface area contributed by atoms with Gasteiger partial charge in [0, 0.05) is 19.4 Å². The molecule has 33 heavy (non-hydrogen) atoms. The number of aliphatic hydroxyl groups excluding tert-OH is 2. The van der Waals surface area contributed by atoms with Gasteiger partial charge in [0.2, 0.25) is 0 Å². The van der Waals surface area contributed by atoms with Gasteiger partial charge in [0.05, 0.1) is 24.2 Å². The maximum absolute atomic E-state index is 11.8. The third-order valence-electron chi connectivity index (χ3n) is 5.54. The second-order valence-electron chi connectivity index (χ2n) is 8.67. The van der Waals surface area contributed by atoms with Crippen LogP contribution in [-0.4, -0.2) is 75.3 Å². The number of fused-ring (bicyclic) bond motifs is 1. The number of esters is 2. The predicted octanol–water partition coefficient (Wildman–Crippen LogP) is 1.79. The van der Waals surface area contributed by atoms with E-state index in [1.165, 1.54) is 0 Å². The zero-order chi connectivity index (χ0) is 23.8. The van der Waals surface area contributed by atoms with Crippen LogP contribution in [0.3, 0.4) is 0 Å². The number of carbonyl (C=O) groups excluding carboxylic acids is 2. The van der Waals surface area contributed by atoms with Crippen molar-refractivity contribution in [2.24, 2.45) is 5.92 Å². The first-order valence-corrected chi connectivity index (χ1v) is 11.4. The highest BCUT2D eigenvalue weighted by Gasteiger charge is 2.32. The number of hydrogen-bond acceptors (Lipinski definition) is 9. The highest BCUT2D eigenvalue weighted by Crippen LogP contribution is 2.30. The predicted molar refractivity (Wildman–Crippen MR) is 118 cm³/mol. The third kappa shape index (κ3) is 7.48. The fourth-order valence-electron chi connectivity index (χ4n) is 3.66. The smallest absolute Gasteiger partial charge is 0.308 e. The minimum Gasteiger partial charge on any atom is -0.463 e. The van der Waals surface area contributed by atoms with Gasteiger partial charge in [0.25, 0.3) is 0 Å². The molecule has 0 radical (unpaired) electrons. The van der Waals surface area contributed by atoms with Crippen molar-refractivity contribution in [2.45, 2.75) is 70.3 Å². The molecule has 0 bridgehead atoms. The molecule has 0 saturated heterocycles.